The Labute approximate surface area is 121 Å². The van der Waals surface area contributed by atoms with Gasteiger partial charge in [0.15, 0.2) is 0 Å². The highest BCUT2D eigenvalue weighted by Gasteiger charge is 2.21. The van der Waals surface area contributed by atoms with E-state index in [-0.39, 0.29) is 0 Å². The van der Waals surface area contributed by atoms with Crippen LogP contribution in [-0.2, 0) is 14.3 Å². The molecule has 114 valence electrons. The van der Waals surface area contributed by atoms with Gasteiger partial charge in [-0.15, -0.1) is 0 Å². The number of hydrogen-bond donors (Lipinski definition) is 1. The van der Waals surface area contributed by atoms with Crippen LogP contribution in [0.4, 0.5) is 0 Å². The van der Waals surface area contributed by atoms with E-state index < -0.39 is 11.9 Å². The number of ether oxygens (including phenoxy) is 1. The molecule has 0 saturated heterocycles. The second-order valence-electron chi connectivity index (χ2n) is 6.14. The fourth-order valence-corrected chi connectivity index (χ4v) is 2.94. The van der Waals surface area contributed by atoms with Gasteiger partial charge in [0, 0.05) is 12.2 Å². The standard InChI is InChI=1S/C16H26O4/c1-12(2)11-14-5-3-13(4-6-14)9-10-20-16(19)8-7-15(17)18/h7-8,12-14H,3-6,9-11H2,1-2H3,(H,17,18)/b8-7+. The van der Waals surface area contributed by atoms with Crippen LogP contribution in [0.15, 0.2) is 12.2 Å². The summed E-state index contributed by atoms with van der Waals surface area (Å²) in [6, 6.07) is 0. The lowest BCUT2D eigenvalue weighted by molar-refractivity contribution is -0.139. The summed E-state index contributed by atoms with van der Waals surface area (Å²) in [6.07, 6.45) is 9.00. The molecule has 20 heavy (non-hydrogen) atoms. The summed E-state index contributed by atoms with van der Waals surface area (Å²) in [5.41, 5.74) is 0. The minimum Gasteiger partial charge on any atom is -0.478 e. The molecule has 1 N–H and O–H groups in total. The summed E-state index contributed by atoms with van der Waals surface area (Å²) in [6.45, 7) is 4.94. The number of esters is 1. The van der Waals surface area contributed by atoms with E-state index >= 15 is 0 Å². The molecule has 0 aromatic heterocycles. The maximum Gasteiger partial charge on any atom is 0.331 e. The number of carboxylic acid groups (broad SMARTS) is 1. The molecule has 0 bridgehead atoms. The molecular formula is C16H26O4. The molecule has 1 aliphatic rings. The molecule has 0 spiro atoms. The van der Waals surface area contributed by atoms with Gasteiger partial charge in [-0.05, 0) is 30.6 Å². The Hall–Kier alpha value is -1.32. The Balaban J connectivity index is 2.12. The van der Waals surface area contributed by atoms with Crippen molar-refractivity contribution in [1.82, 2.24) is 0 Å². The van der Waals surface area contributed by atoms with Crippen LogP contribution < -0.4 is 0 Å². The molecule has 1 aliphatic carbocycles. The van der Waals surface area contributed by atoms with Gasteiger partial charge < -0.3 is 9.84 Å². The second-order valence-corrected chi connectivity index (χ2v) is 6.14. The highest BCUT2D eigenvalue weighted by atomic mass is 16.5. The first-order valence-electron chi connectivity index (χ1n) is 7.55. The predicted molar refractivity (Wildman–Crippen MR) is 77.3 cm³/mol. The van der Waals surface area contributed by atoms with Crippen molar-refractivity contribution in [2.24, 2.45) is 17.8 Å². The van der Waals surface area contributed by atoms with Crippen molar-refractivity contribution >= 4 is 11.9 Å². The van der Waals surface area contributed by atoms with Gasteiger partial charge in [-0.3, -0.25) is 0 Å². The molecule has 0 aromatic rings. The minimum atomic E-state index is -1.13. The van der Waals surface area contributed by atoms with Crippen LogP contribution >= 0.6 is 0 Å². The van der Waals surface area contributed by atoms with Crippen molar-refractivity contribution in [2.75, 3.05) is 6.61 Å². The van der Waals surface area contributed by atoms with E-state index in [0.717, 1.165) is 30.4 Å². The van der Waals surface area contributed by atoms with Crippen LogP contribution in [0.25, 0.3) is 0 Å². The highest BCUT2D eigenvalue weighted by molar-refractivity contribution is 5.90. The van der Waals surface area contributed by atoms with Gasteiger partial charge in [-0.1, -0.05) is 39.5 Å². The lowest BCUT2D eigenvalue weighted by atomic mass is 9.77. The van der Waals surface area contributed by atoms with Crippen LogP contribution in [0.3, 0.4) is 0 Å². The lowest BCUT2D eigenvalue weighted by Crippen LogP contribution is -2.18. The third-order valence-electron chi connectivity index (χ3n) is 3.90. The Morgan fingerprint density at radius 1 is 1.15 bits per heavy atom. The molecule has 0 heterocycles. The molecule has 0 atom stereocenters. The van der Waals surface area contributed by atoms with Crippen molar-refractivity contribution in [3.8, 4) is 0 Å². The molecule has 0 amide bonds. The lowest BCUT2D eigenvalue weighted by Gasteiger charge is -2.29. The first-order valence-corrected chi connectivity index (χ1v) is 7.55. The fraction of sp³-hybridized carbons (Fsp3) is 0.750. The van der Waals surface area contributed by atoms with Gasteiger partial charge in [0.25, 0.3) is 0 Å². The van der Waals surface area contributed by atoms with Crippen molar-refractivity contribution in [1.29, 1.82) is 0 Å². The number of aliphatic carboxylic acids is 1. The zero-order valence-corrected chi connectivity index (χ0v) is 12.5. The summed E-state index contributed by atoms with van der Waals surface area (Å²) in [4.78, 5) is 21.4. The van der Waals surface area contributed by atoms with E-state index in [9.17, 15) is 9.59 Å². The average Bonchev–Trinajstić information content (AvgIpc) is 2.38. The van der Waals surface area contributed by atoms with Gasteiger partial charge in [0.05, 0.1) is 6.61 Å². The Morgan fingerprint density at radius 2 is 1.75 bits per heavy atom. The number of carboxylic acids is 1. The smallest absolute Gasteiger partial charge is 0.331 e. The van der Waals surface area contributed by atoms with Gasteiger partial charge >= 0.3 is 11.9 Å². The Kier molecular flexibility index (Phi) is 7.34. The molecular weight excluding hydrogens is 256 g/mol. The maximum atomic E-state index is 11.2. The largest absolute Gasteiger partial charge is 0.478 e. The van der Waals surface area contributed by atoms with E-state index in [2.05, 4.69) is 13.8 Å². The summed E-state index contributed by atoms with van der Waals surface area (Å²) in [5, 5.41) is 8.38. The monoisotopic (exact) mass is 282 g/mol. The molecule has 0 radical (unpaired) electrons. The number of rotatable bonds is 7. The molecule has 0 unspecified atom stereocenters. The normalized spacial score (nSPS) is 23.1. The van der Waals surface area contributed by atoms with E-state index in [4.69, 9.17) is 9.84 Å². The summed E-state index contributed by atoms with van der Waals surface area (Å²) < 4.78 is 5.00. The molecule has 0 aromatic carbocycles. The highest BCUT2D eigenvalue weighted by Crippen LogP contribution is 2.34. The third kappa shape index (κ3) is 7.31. The maximum absolute atomic E-state index is 11.2. The fourth-order valence-electron chi connectivity index (χ4n) is 2.94. The zero-order valence-electron chi connectivity index (χ0n) is 12.5. The predicted octanol–water partition coefficient (Wildman–Crippen LogP) is 3.41. The summed E-state index contributed by atoms with van der Waals surface area (Å²) in [5.74, 6) is 0.590. The summed E-state index contributed by atoms with van der Waals surface area (Å²) in [7, 11) is 0. The third-order valence-corrected chi connectivity index (χ3v) is 3.90. The zero-order chi connectivity index (χ0) is 15.0. The number of hydrogen-bond acceptors (Lipinski definition) is 3. The van der Waals surface area contributed by atoms with Crippen molar-refractivity contribution in [3.05, 3.63) is 12.2 Å². The van der Waals surface area contributed by atoms with Crippen LogP contribution in [0, 0.1) is 17.8 Å². The number of carbonyl (C=O) groups excluding carboxylic acids is 1. The molecule has 0 aliphatic heterocycles. The summed E-state index contributed by atoms with van der Waals surface area (Å²) >= 11 is 0. The molecule has 1 saturated carbocycles. The van der Waals surface area contributed by atoms with Crippen LogP contribution in [0.2, 0.25) is 0 Å². The van der Waals surface area contributed by atoms with Gasteiger partial charge in [-0.25, -0.2) is 9.59 Å². The van der Waals surface area contributed by atoms with E-state index in [1.807, 2.05) is 0 Å². The molecule has 4 heteroatoms. The molecule has 1 fully saturated rings. The molecule has 4 nitrogen and oxygen atoms in total. The second kappa shape index (κ2) is 8.77. The minimum absolute atomic E-state index is 0.391. The van der Waals surface area contributed by atoms with E-state index in [1.165, 1.54) is 32.1 Å². The van der Waals surface area contributed by atoms with Crippen LogP contribution in [0.1, 0.15) is 52.4 Å². The van der Waals surface area contributed by atoms with Crippen molar-refractivity contribution in [2.45, 2.75) is 52.4 Å². The SMILES string of the molecule is CC(C)CC1CCC(CCOC(=O)/C=C/C(=O)O)CC1. The molecule has 1 rings (SSSR count). The van der Waals surface area contributed by atoms with Gasteiger partial charge in [0.1, 0.15) is 0 Å². The van der Waals surface area contributed by atoms with Crippen molar-refractivity contribution in [3.63, 3.8) is 0 Å². The Bertz CT molecular complexity index is 338. The van der Waals surface area contributed by atoms with Crippen LogP contribution in [0.5, 0.6) is 0 Å². The quantitative estimate of drug-likeness (QED) is 0.574. The topological polar surface area (TPSA) is 63.6 Å². The van der Waals surface area contributed by atoms with Crippen molar-refractivity contribution < 1.29 is 19.4 Å². The van der Waals surface area contributed by atoms with Crippen LogP contribution in [-0.4, -0.2) is 23.7 Å². The van der Waals surface area contributed by atoms with Gasteiger partial charge in [-0.2, -0.15) is 0 Å². The van der Waals surface area contributed by atoms with Gasteiger partial charge in [0.2, 0.25) is 0 Å². The van der Waals surface area contributed by atoms with E-state index in [0.29, 0.717) is 12.5 Å². The first-order chi connectivity index (χ1) is 9.47. The first kappa shape index (κ1) is 16.7. The number of carbonyl (C=O) groups is 2. The average molecular weight is 282 g/mol. The Morgan fingerprint density at radius 3 is 2.30 bits per heavy atom. The van der Waals surface area contributed by atoms with E-state index in [1.54, 1.807) is 0 Å².